The molecule has 0 saturated heterocycles. The van der Waals surface area contributed by atoms with Gasteiger partial charge in [-0.3, -0.25) is 4.79 Å². The van der Waals surface area contributed by atoms with Crippen molar-refractivity contribution in [2.45, 2.75) is 44.5 Å². The number of benzene rings is 1. The number of rotatable bonds is 10. The van der Waals surface area contributed by atoms with Crippen molar-refractivity contribution in [3.63, 3.8) is 0 Å². The molecule has 0 unspecified atom stereocenters. The summed E-state index contributed by atoms with van der Waals surface area (Å²) in [6, 6.07) is 10.1. The van der Waals surface area contributed by atoms with Crippen LogP contribution in [0.2, 0.25) is 10.3 Å². The highest BCUT2D eigenvalue weighted by Gasteiger charge is 2.10. The minimum Gasteiger partial charge on any atom is -0.466 e. The van der Waals surface area contributed by atoms with Crippen LogP contribution in [0.4, 0.5) is 0 Å². The van der Waals surface area contributed by atoms with Crippen LogP contribution in [-0.2, 0) is 44.4 Å². The molecule has 0 aliphatic rings. The predicted molar refractivity (Wildman–Crippen MR) is 146 cm³/mol. The Kier molecular flexibility index (Phi) is 15.9. The molecule has 0 fully saturated rings. The lowest BCUT2D eigenvalue weighted by Gasteiger charge is -2.08. The Labute approximate surface area is 233 Å². The number of nitrogens with zero attached hydrogens (tertiary/aromatic N) is 4. The van der Waals surface area contributed by atoms with Gasteiger partial charge in [0.2, 0.25) is 0 Å². The molecule has 7 nitrogen and oxygen atoms in total. The average Bonchev–Trinajstić information content (AvgIpc) is 2.84. The highest BCUT2D eigenvalue weighted by molar-refractivity contribution is 9.08. The van der Waals surface area contributed by atoms with E-state index in [1.165, 1.54) is 25.1 Å². The molecule has 0 atom stereocenters. The van der Waals surface area contributed by atoms with Gasteiger partial charge in [0.05, 0.1) is 31.2 Å². The van der Waals surface area contributed by atoms with Crippen LogP contribution in [0.3, 0.4) is 0 Å². The molecule has 2 aromatic heterocycles. The van der Waals surface area contributed by atoms with Crippen molar-refractivity contribution in [2.75, 3.05) is 13.2 Å². The lowest BCUT2D eigenvalue weighted by atomic mass is 10.2. The summed E-state index contributed by atoms with van der Waals surface area (Å²) < 4.78 is 10.5. The second-order valence-electron chi connectivity index (χ2n) is 6.82. The molecule has 0 saturated carbocycles. The van der Waals surface area contributed by atoms with Gasteiger partial charge in [-0.05, 0) is 5.56 Å². The van der Waals surface area contributed by atoms with Crippen molar-refractivity contribution in [2.24, 2.45) is 0 Å². The van der Waals surface area contributed by atoms with Crippen molar-refractivity contribution in [1.82, 2.24) is 19.9 Å². The summed E-state index contributed by atoms with van der Waals surface area (Å²) in [5, 5.41) is 2.19. The molecule has 2 heterocycles. The van der Waals surface area contributed by atoms with Crippen LogP contribution in [0.25, 0.3) is 0 Å². The zero-order chi connectivity index (χ0) is 24.8. The van der Waals surface area contributed by atoms with Gasteiger partial charge in [0, 0.05) is 41.6 Å². The fourth-order valence-corrected chi connectivity index (χ4v) is 4.27. The van der Waals surface area contributed by atoms with E-state index in [0.717, 1.165) is 22.5 Å². The van der Waals surface area contributed by atoms with Crippen molar-refractivity contribution in [1.29, 1.82) is 0 Å². The van der Waals surface area contributed by atoms with E-state index in [9.17, 15) is 4.79 Å². The fraction of sp³-hybridized carbons (Fsp3) is 0.375. The molecule has 11 heteroatoms. The third kappa shape index (κ3) is 11.3. The van der Waals surface area contributed by atoms with Crippen LogP contribution in [0.15, 0.2) is 43.0 Å². The molecule has 0 N–H and O–H groups in total. The molecule has 0 aliphatic heterocycles. The second kappa shape index (κ2) is 17.7. The number of carbonyl (C=O) groups excluding carboxylic acids is 1. The zero-order valence-electron chi connectivity index (χ0n) is 18.5. The van der Waals surface area contributed by atoms with Gasteiger partial charge in [0.15, 0.2) is 0 Å². The number of alkyl halides is 2. The first-order valence-corrected chi connectivity index (χ1v) is 13.3. The van der Waals surface area contributed by atoms with Gasteiger partial charge in [0.1, 0.15) is 23.0 Å². The van der Waals surface area contributed by atoms with Gasteiger partial charge in [-0.2, -0.15) is 0 Å². The topological polar surface area (TPSA) is 87.1 Å². The highest BCUT2D eigenvalue weighted by Crippen LogP contribution is 2.19. The smallest absolute Gasteiger partial charge is 0.302 e. The Morgan fingerprint density at radius 3 is 1.86 bits per heavy atom. The van der Waals surface area contributed by atoms with Crippen molar-refractivity contribution >= 4 is 61.0 Å². The summed E-state index contributed by atoms with van der Waals surface area (Å²) >= 11 is 18.7. The van der Waals surface area contributed by atoms with E-state index in [0.29, 0.717) is 53.6 Å². The summed E-state index contributed by atoms with van der Waals surface area (Å²) in [4.78, 5) is 26.7. The van der Waals surface area contributed by atoms with Gasteiger partial charge < -0.3 is 9.47 Å². The summed E-state index contributed by atoms with van der Waals surface area (Å²) in [5.74, 6) is -0.302. The largest absolute Gasteiger partial charge is 0.466 e. The van der Waals surface area contributed by atoms with Crippen molar-refractivity contribution in [3.05, 3.63) is 81.4 Å². The first-order chi connectivity index (χ1) is 16.5. The molecule has 0 spiro atoms. The minimum absolute atomic E-state index is 0. The highest BCUT2D eigenvalue weighted by atomic mass is 79.9. The van der Waals surface area contributed by atoms with Crippen molar-refractivity contribution in [3.8, 4) is 0 Å². The van der Waals surface area contributed by atoms with Crippen LogP contribution in [-0.4, -0.2) is 39.1 Å². The normalized spacial score (nSPS) is 10.1. The molecular formula is C24H28Br2Cl2N4O3. The maximum atomic E-state index is 10.6. The third-order valence-corrected chi connectivity index (χ3v) is 6.20. The molecule has 0 amide bonds. The molecule has 1 aromatic carbocycles. The van der Waals surface area contributed by atoms with Gasteiger partial charge in [-0.25, -0.2) is 19.9 Å². The van der Waals surface area contributed by atoms with E-state index in [1.54, 1.807) is 0 Å². The van der Waals surface area contributed by atoms with E-state index in [1.807, 2.05) is 30.3 Å². The Morgan fingerprint density at radius 2 is 1.37 bits per heavy atom. The molecule has 3 rings (SSSR count). The summed E-state index contributed by atoms with van der Waals surface area (Å²) in [6.07, 6.45) is 4.13. The van der Waals surface area contributed by atoms with Crippen molar-refractivity contribution < 1.29 is 14.3 Å². The third-order valence-electron chi connectivity index (χ3n) is 4.48. The minimum atomic E-state index is -0.302. The molecule has 0 bridgehead atoms. The first kappa shape index (κ1) is 31.4. The summed E-state index contributed by atoms with van der Waals surface area (Å²) in [7, 11) is 0. The first-order valence-electron chi connectivity index (χ1n) is 10.3. The van der Waals surface area contributed by atoms with Gasteiger partial charge in [0.25, 0.3) is 0 Å². The number of aromatic nitrogens is 4. The molecule has 0 radical (unpaired) electrons. The SMILES string of the molecule is C.CC(=O)OCCc1c(Cl)ncnc1CBr.Clc1ncnc(CBr)c1CCOCc1ccccc1. The molecular weight excluding hydrogens is 623 g/mol. The number of hydrogen-bond acceptors (Lipinski definition) is 7. The number of ether oxygens (including phenoxy) is 2. The zero-order valence-corrected chi connectivity index (χ0v) is 23.2. The Bertz CT molecular complexity index is 1050. The van der Waals surface area contributed by atoms with Crippen LogP contribution < -0.4 is 0 Å². The molecule has 35 heavy (non-hydrogen) atoms. The van der Waals surface area contributed by atoms with Crippen LogP contribution in [0, 0.1) is 0 Å². The number of esters is 1. The number of carbonyl (C=O) groups is 1. The Morgan fingerprint density at radius 1 is 0.857 bits per heavy atom. The number of hydrogen-bond donors (Lipinski definition) is 0. The Hall–Kier alpha value is -1.65. The second-order valence-corrected chi connectivity index (χ2v) is 8.66. The molecule has 0 aliphatic carbocycles. The monoisotopic (exact) mass is 648 g/mol. The summed E-state index contributed by atoms with van der Waals surface area (Å²) in [6.45, 7) is 2.87. The maximum Gasteiger partial charge on any atom is 0.302 e. The standard InChI is InChI=1S/C14H14BrClN2O.C9H10BrClN2O2.CH4/c15-8-13-12(14(16)18-10-17-13)6-7-19-9-11-4-2-1-3-5-11;1-6(14)15-3-2-7-8(4-10)12-5-13-9(7)11;/h1-5,10H,6-9H2;5H,2-4H2,1H3;1H4. The van der Waals surface area contributed by atoms with E-state index < -0.39 is 0 Å². The van der Waals surface area contributed by atoms with Gasteiger partial charge >= 0.3 is 5.97 Å². The average molecular weight is 651 g/mol. The van der Waals surface area contributed by atoms with E-state index >= 15 is 0 Å². The van der Waals surface area contributed by atoms with Crippen LogP contribution >= 0.6 is 55.1 Å². The Balaban J connectivity index is 0.000000350. The van der Waals surface area contributed by atoms with Crippen LogP contribution in [0.5, 0.6) is 0 Å². The maximum absolute atomic E-state index is 10.6. The molecule has 190 valence electrons. The fourth-order valence-electron chi connectivity index (χ4n) is 2.81. The van der Waals surface area contributed by atoms with E-state index in [4.69, 9.17) is 32.7 Å². The van der Waals surface area contributed by atoms with E-state index in [2.05, 4.69) is 51.8 Å². The van der Waals surface area contributed by atoms with Gasteiger partial charge in [-0.15, -0.1) is 0 Å². The van der Waals surface area contributed by atoms with Crippen LogP contribution in [0.1, 0.15) is 42.4 Å². The summed E-state index contributed by atoms with van der Waals surface area (Å²) in [5.41, 5.74) is 4.68. The lowest BCUT2D eigenvalue weighted by Crippen LogP contribution is -2.07. The quantitative estimate of drug-likeness (QED) is 0.106. The molecule has 3 aromatic rings. The van der Waals surface area contributed by atoms with Gasteiger partial charge in [-0.1, -0.05) is 92.8 Å². The van der Waals surface area contributed by atoms with E-state index in [-0.39, 0.29) is 13.4 Å². The number of halogens is 4. The predicted octanol–water partition coefficient (Wildman–Crippen LogP) is 6.55. The lowest BCUT2D eigenvalue weighted by molar-refractivity contribution is -0.140.